The van der Waals surface area contributed by atoms with Crippen LogP contribution < -0.4 is 0 Å². The first-order valence-electron chi connectivity index (χ1n) is 4.90. The minimum absolute atomic E-state index is 0.126. The van der Waals surface area contributed by atoms with Crippen molar-refractivity contribution < 1.29 is 4.39 Å². The molecule has 2 aromatic rings. The van der Waals surface area contributed by atoms with E-state index in [1.165, 1.54) is 6.07 Å². The Morgan fingerprint density at radius 2 is 2.29 bits per heavy atom. The molecule has 0 amide bonds. The van der Waals surface area contributed by atoms with E-state index in [-0.39, 0.29) is 18.7 Å². The molecule has 1 heterocycles. The Morgan fingerprint density at radius 3 is 3.00 bits per heavy atom. The van der Waals surface area contributed by atoms with Crippen molar-refractivity contribution >= 4 is 11.6 Å². The van der Waals surface area contributed by atoms with Gasteiger partial charge in [0.2, 0.25) is 0 Å². The van der Waals surface area contributed by atoms with Gasteiger partial charge in [-0.25, -0.2) is 9.37 Å². The quantitative estimate of drug-likeness (QED) is 0.909. The lowest BCUT2D eigenvalue weighted by atomic mass is 10.1. The molecular formula is C11H8ClFN4. The highest BCUT2D eigenvalue weighted by atomic mass is 35.5. The van der Waals surface area contributed by atoms with Gasteiger partial charge < -0.3 is 0 Å². The van der Waals surface area contributed by atoms with Crippen molar-refractivity contribution in [1.29, 1.82) is 5.26 Å². The van der Waals surface area contributed by atoms with Crippen LogP contribution in [0.2, 0.25) is 5.02 Å². The van der Waals surface area contributed by atoms with Crippen LogP contribution in [0.15, 0.2) is 18.2 Å². The number of halogens is 2. The molecule has 17 heavy (non-hydrogen) atoms. The van der Waals surface area contributed by atoms with E-state index in [1.807, 2.05) is 6.07 Å². The van der Waals surface area contributed by atoms with Gasteiger partial charge in [-0.2, -0.15) is 10.4 Å². The average molecular weight is 251 g/mol. The van der Waals surface area contributed by atoms with E-state index in [9.17, 15) is 4.39 Å². The maximum Gasteiger partial charge on any atom is 0.164 e. The third-order valence-corrected chi connectivity index (χ3v) is 2.58. The fourth-order valence-corrected chi connectivity index (χ4v) is 1.66. The van der Waals surface area contributed by atoms with E-state index in [1.54, 1.807) is 12.1 Å². The van der Waals surface area contributed by atoms with Gasteiger partial charge in [-0.1, -0.05) is 17.7 Å². The van der Waals surface area contributed by atoms with Gasteiger partial charge >= 0.3 is 0 Å². The Balaban J connectivity index is 2.23. The van der Waals surface area contributed by atoms with Crippen molar-refractivity contribution in [2.75, 3.05) is 0 Å². The first kappa shape index (κ1) is 11.6. The third-order valence-electron chi connectivity index (χ3n) is 2.22. The summed E-state index contributed by atoms with van der Waals surface area (Å²) in [5, 5.41) is 15.3. The molecule has 0 aliphatic rings. The van der Waals surface area contributed by atoms with E-state index in [2.05, 4.69) is 15.2 Å². The maximum atomic E-state index is 13.5. The zero-order valence-electron chi connectivity index (χ0n) is 8.74. The number of benzene rings is 1. The van der Waals surface area contributed by atoms with Gasteiger partial charge in [-0.3, -0.25) is 5.10 Å². The number of nitrogens with one attached hydrogen (secondary N) is 1. The summed E-state index contributed by atoms with van der Waals surface area (Å²) in [7, 11) is 0. The molecule has 0 saturated carbocycles. The standard InChI is InChI=1S/C11H8ClFN4/c12-8-2-1-3-9(13)7(8)6-11-15-10(4-5-14)16-17-11/h1-3H,4,6H2,(H,15,16,17). The van der Waals surface area contributed by atoms with Crippen molar-refractivity contribution in [3.63, 3.8) is 0 Å². The normalized spacial score (nSPS) is 10.2. The second-order valence-electron chi connectivity index (χ2n) is 3.41. The predicted molar refractivity (Wildman–Crippen MR) is 59.9 cm³/mol. The molecule has 0 bridgehead atoms. The van der Waals surface area contributed by atoms with Gasteiger partial charge in [0.05, 0.1) is 12.5 Å². The van der Waals surface area contributed by atoms with Crippen LogP contribution in [0.3, 0.4) is 0 Å². The summed E-state index contributed by atoms with van der Waals surface area (Å²) in [5.41, 5.74) is 0.369. The van der Waals surface area contributed by atoms with Gasteiger partial charge in [0, 0.05) is 17.0 Å². The molecular weight excluding hydrogens is 243 g/mol. The van der Waals surface area contributed by atoms with Gasteiger partial charge in [-0.05, 0) is 12.1 Å². The summed E-state index contributed by atoms with van der Waals surface area (Å²) in [6.45, 7) is 0. The van der Waals surface area contributed by atoms with Gasteiger partial charge in [0.1, 0.15) is 11.6 Å². The van der Waals surface area contributed by atoms with Crippen LogP contribution in [0.25, 0.3) is 0 Å². The lowest BCUT2D eigenvalue weighted by Gasteiger charge is -2.02. The molecule has 2 rings (SSSR count). The maximum absolute atomic E-state index is 13.5. The topological polar surface area (TPSA) is 65.4 Å². The molecule has 0 unspecified atom stereocenters. The highest BCUT2D eigenvalue weighted by molar-refractivity contribution is 6.31. The lowest BCUT2D eigenvalue weighted by Crippen LogP contribution is -1.96. The smallest absolute Gasteiger partial charge is 0.164 e. The summed E-state index contributed by atoms with van der Waals surface area (Å²) in [5.74, 6) is 0.507. The fraction of sp³-hybridized carbons (Fsp3) is 0.182. The summed E-state index contributed by atoms with van der Waals surface area (Å²) >= 11 is 5.89. The lowest BCUT2D eigenvalue weighted by molar-refractivity contribution is 0.612. The molecule has 0 aliphatic heterocycles. The number of rotatable bonds is 3. The number of nitrogens with zero attached hydrogens (tertiary/aromatic N) is 3. The van der Waals surface area contributed by atoms with Crippen LogP contribution in [-0.4, -0.2) is 15.2 Å². The van der Waals surface area contributed by atoms with Crippen molar-refractivity contribution in [1.82, 2.24) is 15.2 Å². The predicted octanol–water partition coefficient (Wildman–Crippen LogP) is 2.25. The van der Waals surface area contributed by atoms with Crippen molar-refractivity contribution in [3.05, 3.63) is 46.3 Å². The van der Waals surface area contributed by atoms with Crippen LogP contribution in [0.1, 0.15) is 17.2 Å². The Bertz CT molecular complexity index is 553. The molecule has 0 spiro atoms. The number of hydrogen-bond acceptors (Lipinski definition) is 3. The summed E-state index contributed by atoms with van der Waals surface area (Å²) in [4.78, 5) is 4.06. The highest BCUT2D eigenvalue weighted by Gasteiger charge is 2.10. The number of hydrogen-bond donors (Lipinski definition) is 1. The van der Waals surface area contributed by atoms with E-state index < -0.39 is 0 Å². The van der Waals surface area contributed by atoms with Gasteiger partial charge in [0.15, 0.2) is 5.82 Å². The largest absolute Gasteiger partial charge is 0.263 e. The molecule has 4 nitrogen and oxygen atoms in total. The molecule has 0 aliphatic carbocycles. The second kappa shape index (κ2) is 4.93. The zero-order valence-corrected chi connectivity index (χ0v) is 9.50. The molecule has 0 atom stereocenters. The van der Waals surface area contributed by atoms with E-state index in [0.717, 1.165) is 0 Å². The molecule has 6 heteroatoms. The SMILES string of the molecule is N#CCc1n[nH]c(Cc2c(F)cccc2Cl)n1. The van der Waals surface area contributed by atoms with Crippen LogP contribution >= 0.6 is 11.6 Å². The Morgan fingerprint density at radius 1 is 1.47 bits per heavy atom. The molecule has 1 aromatic carbocycles. The van der Waals surface area contributed by atoms with E-state index in [4.69, 9.17) is 16.9 Å². The highest BCUT2D eigenvalue weighted by Crippen LogP contribution is 2.20. The minimum atomic E-state index is -0.379. The van der Waals surface area contributed by atoms with Crippen molar-refractivity contribution in [3.8, 4) is 6.07 Å². The van der Waals surface area contributed by atoms with E-state index >= 15 is 0 Å². The Kier molecular flexibility index (Phi) is 3.35. The van der Waals surface area contributed by atoms with Gasteiger partial charge in [-0.15, -0.1) is 0 Å². The minimum Gasteiger partial charge on any atom is -0.263 e. The van der Waals surface area contributed by atoms with Gasteiger partial charge in [0.25, 0.3) is 0 Å². The molecule has 0 fully saturated rings. The Labute approximate surface area is 102 Å². The second-order valence-corrected chi connectivity index (χ2v) is 3.82. The molecule has 0 saturated heterocycles. The summed E-state index contributed by atoms with van der Waals surface area (Å²) < 4.78 is 13.5. The fourth-order valence-electron chi connectivity index (χ4n) is 1.43. The monoisotopic (exact) mass is 250 g/mol. The molecule has 1 N–H and O–H groups in total. The van der Waals surface area contributed by atoms with Crippen molar-refractivity contribution in [2.24, 2.45) is 0 Å². The van der Waals surface area contributed by atoms with Crippen LogP contribution in [0, 0.1) is 17.1 Å². The van der Waals surface area contributed by atoms with Crippen LogP contribution in [-0.2, 0) is 12.8 Å². The molecule has 86 valence electrons. The Hall–Kier alpha value is -1.93. The number of aromatic amines is 1. The summed E-state index contributed by atoms with van der Waals surface area (Å²) in [6, 6.07) is 6.44. The third kappa shape index (κ3) is 2.60. The first-order chi connectivity index (χ1) is 8.20. The zero-order chi connectivity index (χ0) is 12.3. The number of nitriles is 1. The molecule has 0 radical (unpaired) electrons. The van der Waals surface area contributed by atoms with Crippen molar-refractivity contribution in [2.45, 2.75) is 12.8 Å². The van der Waals surface area contributed by atoms with E-state index in [0.29, 0.717) is 22.2 Å². The number of H-pyrrole nitrogens is 1. The molecule has 1 aromatic heterocycles. The van der Waals surface area contributed by atoms with Crippen LogP contribution in [0.5, 0.6) is 0 Å². The first-order valence-corrected chi connectivity index (χ1v) is 5.28. The average Bonchev–Trinajstić information content (AvgIpc) is 2.72. The number of aromatic nitrogens is 3. The van der Waals surface area contributed by atoms with Crippen LogP contribution in [0.4, 0.5) is 4.39 Å². The summed E-state index contributed by atoms with van der Waals surface area (Å²) in [6.07, 6.45) is 0.353.